The quantitative estimate of drug-likeness (QED) is 0.681. The molecule has 0 fully saturated rings. The summed E-state index contributed by atoms with van der Waals surface area (Å²) < 4.78 is 23.3. The van der Waals surface area contributed by atoms with Gasteiger partial charge in [0.15, 0.2) is 17.3 Å². The average molecular weight is 299 g/mol. The minimum absolute atomic E-state index is 0.182. The molecule has 0 aliphatic carbocycles. The number of carbonyl (C=O) groups excluding carboxylic acids is 1. The first-order valence-electron chi connectivity index (χ1n) is 6.81. The van der Waals surface area contributed by atoms with Crippen LogP contribution >= 0.6 is 0 Å². The molecule has 0 saturated carbocycles. The van der Waals surface area contributed by atoms with Gasteiger partial charge in [0.05, 0.1) is 0 Å². The number of ketones is 1. The summed E-state index contributed by atoms with van der Waals surface area (Å²) >= 11 is 0. The number of nitrogens with one attached hydrogen (secondary N) is 1. The fourth-order valence-electron chi connectivity index (χ4n) is 2.07. The number of halogens is 1. The van der Waals surface area contributed by atoms with Crippen LogP contribution in [0.4, 0.5) is 4.39 Å². The van der Waals surface area contributed by atoms with Crippen molar-refractivity contribution < 1.29 is 18.7 Å². The zero-order valence-corrected chi connectivity index (χ0v) is 11.7. The SMILES string of the molecule is O=C(C=CNCc1ccc2c(c1)OCO2)c1ccc(F)cc1. The first-order chi connectivity index (χ1) is 10.7. The molecule has 0 radical (unpaired) electrons. The maximum absolute atomic E-state index is 12.8. The van der Waals surface area contributed by atoms with Gasteiger partial charge in [-0.3, -0.25) is 4.79 Å². The van der Waals surface area contributed by atoms with Gasteiger partial charge in [-0.25, -0.2) is 4.39 Å². The van der Waals surface area contributed by atoms with E-state index in [1.807, 2.05) is 18.2 Å². The van der Waals surface area contributed by atoms with Crippen LogP contribution in [0.15, 0.2) is 54.7 Å². The van der Waals surface area contributed by atoms with E-state index in [9.17, 15) is 9.18 Å². The lowest BCUT2D eigenvalue weighted by Crippen LogP contribution is -2.06. The second-order valence-corrected chi connectivity index (χ2v) is 4.77. The molecule has 4 nitrogen and oxygen atoms in total. The Kier molecular flexibility index (Phi) is 4.05. The van der Waals surface area contributed by atoms with Gasteiger partial charge in [0.2, 0.25) is 6.79 Å². The van der Waals surface area contributed by atoms with Crippen LogP contribution in [0.2, 0.25) is 0 Å². The number of rotatable bonds is 5. The predicted molar refractivity (Wildman–Crippen MR) is 79.3 cm³/mol. The molecule has 0 unspecified atom stereocenters. The van der Waals surface area contributed by atoms with Crippen molar-refractivity contribution in [3.05, 3.63) is 71.7 Å². The zero-order chi connectivity index (χ0) is 15.4. The lowest BCUT2D eigenvalue weighted by atomic mass is 10.1. The molecule has 2 aromatic carbocycles. The van der Waals surface area contributed by atoms with E-state index in [0.29, 0.717) is 12.1 Å². The molecular weight excluding hydrogens is 285 g/mol. The van der Waals surface area contributed by atoms with Crippen molar-refractivity contribution in [2.24, 2.45) is 0 Å². The second-order valence-electron chi connectivity index (χ2n) is 4.77. The molecule has 1 heterocycles. The molecule has 0 aromatic heterocycles. The monoisotopic (exact) mass is 299 g/mol. The summed E-state index contributed by atoms with van der Waals surface area (Å²) in [7, 11) is 0. The van der Waals surface area contributed by atoms with Crippen molar-refractivity contribution in [2.75, 3.05) is 6.79 Å². The highest BCUT2D eigenvalue weighted by atomic mass is 19.1. The minimum Gasteiger partial charge on any atom is -0.454 e. The summed E-state index contributed by atoms with van der Waals surface area (Å²) in [4.78, 5) is 11.8. The molecule has 1 aliphatic rings. The van der Waals surface area contributed by atoms with E-state index in [4.69, 9.17) is 9.47 Å². The van der Waals surface area contributed by atoms with Gasteiger partial charge in [-0.05, 0) is 42.0 Å². The topological polar surface area (TPSA) is 47.6 Å². The normalized spacial score (nSPS) is 12.6. The van der Waals surface area contributed by atoms with Crippen molar-refractivity contribution in [3.8, 4) is 11.5 Å². The Morgan fingerprint density at radius 1 is 1.14 bits per heavy atom. The molecule has 1 aliphatic heterocycles. The first kappa shape index (κ1) is 14.1. The second kappa shape index (κ2) is 6.30. The standard InChI is InChI=1S/C17H14FNO3/c18-14-4-2-13(3-5-14)15(20)7-8-19-10-12-1-6-16-17(9-12)22-11-21-16/h1-9,19H,10-11H2. The van der Waals surface area contributed by atoms with Crippen LogP contribution < -0.4 is 14.8 Å². The van der Waals surface area contributed by atoms with Gasteiger partial charge >= 0.3 is 0 Å². The lowest BCUT2D eigenvalue weighted by Gasteiger charge is -2.03. The molecule has 0 spiro atoms. The van der Waals surface area contributed by atoms with Crippen molar-refractivity contribution >= 4 is 5.78 Å². The summed E-state index contributed by atoms with van der Waals surface area (Å²) in [6.45, 7) is 0.808. The van der Waals surface area contributed by atoms with Crippen LogP contribution in [0.3, 0.4) is 0 Å². The molecule has 1 N–H and O–H groups in total. The zero-order valence-electron chi connectivity index (χ0n) is 11.7. The minimum atomic E-state index is -0.360. The number of ether oxygens (including phenoxy) is 2. The Morgan fingerprint density at radius 3 is 2.73 bits per heavy atom. The Morgan fingerprint density at radius 2 is 1.91 bits per heavy atom. The van der Waals surface area contributed by atoms with Gasteiger partial charge in [0, 0.05) is 24.4 Å². The Labute approximate surface area is 127 Å². The van der Waals surface area contributed by atoms with Crippen molar-refractivity contribution in [1.82, 2.24) is 5.32 Å². The Hall–Kier alpha value is -2.82. The molecule has 2 aromatic rings. The summed E-state index contributed by atoms with van der Waals surface area (Å²) in [5, 5.41) is 3.03. The fourth-order valence-corrected chi connectivity index (χ4v) is 2.07. The number of fused-ring (bicyclic) bond motifs is 1. The van der Waals surface area contributed by atoms with Crippen LogP contribution in [0.25, 0.3) is 0 Å². The first-order valence-corrected chi connectivity index (χ1v) is 6.81. The van der Waals surface area contributed by atoms with Gasteiger partial charge in [-0.2, -0.15) is 0 Å². The average Bonchev–Trinajstić information content (AvgIpc) is 2.99. The number of allylic oxidation sites excluding steroid dienone is 1. The molecule has 0 bridgehead atoms. The van der Waals surface area contributed by atoms with Crippen LogP contribution in [0.1, 0.15) is 15.9 Å². The highest BCUT2D eigenvalue weighted by Gasteiger charge is 2.12. The summed E-state index contributed by atoms with van der Waals surface area (Å²) in [5.41, 5.74) is 1.46. The summed E-state index contributed by atoms with van der Waals surface area (Å²) in [5.74, 6) is 0.927. The maximum Gasteiger partial charge on any atom is 0.231 e. The van der Waals surface area contributed by atoms with Gasteiger partial charge in [-0.1, -0.05) is 6.07 Å². The Balaban J connectivity index is 1.54. The van der Waals surface area contributed by atoms with Crippen LogP contribution in [0.5, 0.6) is 11.5 Å². The third-order valence-electron chi connectivity index (χ3n) is 3.22. The van der Waals surface area contributed by atoms with E-state index in [0.717, 1.165) is 17.1 Å². The van der Waals surface area contributed by atoms with Gasteiger partial charge in [0.1, 0.15) is 5.82 Å². The molecule has 0 amide bonds. The maximum atomic E-state index is 12.8. The van der Waals surface area contributed by atoms with Gasteiger partial charge in [0.25, 0.3) is 0 Å². The van der Waals surface area contributed by atoms with E-state index >= 15 is 0 Å². The fraction of sp³-hybridized carbons (Fsp3) is 0.118. The number of carbonyl (C=O) groups is 1. The highest BCUT2D eigenvalue weighted by Crippen LogP contribution is 2.32. The van der Waals surface area contributed by atoms with Crippen LogP contribution in [-0.2, 0) is 6.54 Å². The van der Waals surface area contributed by atoms with Crippen molar-refractivity contribution in [3.63, 3.8) is 0 Å². The van der Waals surface area contributed by atoms with Gasteiger partial charge < -0.3 is 14.8 Å². The van der Waals surface area contributed by atoms with E-state index in [-0.39, 0.29) is 18.4 Å². The number of hydrogen-bond acceptors (Lipinski definition) is 4. The summed E-state index contributed by atoms with van der Waals surface area (Å²) in [6, 6.07) is 11.1. The lowest BCUT2D eigenvalue weighted by molar-refractivity contribution is 0.104. The van der Waals surface area contributed by atoms with Gasteiger partial charge in [-0.15, -0.1) is 0 Å². The van der Waals surface area contributed by atoms with E-state index in [1.54, 1.807) is 6.20 Å². The van der Waals surface area contributed by atoms with E-state index in [1.165, 1.54) is 30.3 Å². The largest absolute Gasteiger partial charge is 0.454 e. The molecule has 5 heteroatoms. The van der Waals surface area contributed by atoms with E-state index in [2.05, 4.69) is 5.32 Å². The smallest absolute Gasteiger partial charge is 0.231 e. The molecule has 3 rings (SSSR count). The molecular formula is C17H14FNO3. The number of hydrogen-bond donors (Lipinski definition) is 1. The van der Waals surface area contributed by atoms with Crippen molar-refractivity contribution in [2.45, 2.75) is 6.54 Å². The Bertz CT molecular complexity index is 710. The van der Waals surface area contributed by atoms with Crippen LogP contribution in [0, 0.1) is 5.82 Å². The highest BCUT2D eigenvalue weighted by molar-refractivity contribution is 6.04. The molecule has 0 saturated heterocycles. The molecule has 0 atom stereocenters. The number of benzene rings is 2. The molecule has 112 valence electrons. The third kappa shape index (κ3) is 3.25. The summed E-state index contributed by atoms with van der Waals surface area (Å²) in [6.07, 6.45) is 3.00. The third-order valence-corrected chi connectivity index (χ3v) is 3.22. The van der Waals surface area contributed by atoms with Crippen molar-refractivity contribution in [1.29, 1.82) is 0 Å². The van der Waals surface area contributed by atoms with E-state index < -0.39 is 0 Å². The predicted octanol–water partition coefficient (Wildman–Crippen LogP) is 3.04. The van der Waals surface area contributed by atoms with Crippen LogP contribution in [-0.4, -0.2) is 12.6 Å². The molecule has 22 heavy (non-hydrogen) atoms.